The second-order valence-corrected chi connectivity index (χ2v) is 7.66. The van der Waals surface area contributed by atoms with Crippen molar-refractivity contribution in [2.45, 2.75) is 58.0 Å². The van der Waals surface area contributed by atoms with Gasteiger partial charge in [0.2, 0.25) is 11.8 Å². The molecule has 1 saturated carbocycles. The van der Waals surface area contributed by atoms with Gasteiger partial charge in [-0.15, -0.1) is 0 Å². The second kappa shape index (κ2) is 7.14. The number of aryl methyl sites for hydroxylation is 1. The molecule has 0 bridgehead atoms. The number of rotatable bonds is 5. The van der Waals surface area contributed by atoms with E-state index in [1.165, 1.54) is 18.4 Å². The highest BCUT2D eigenvalue weighted by atomic mass is 16.2. The molecule has 1 saturated heterocycles. The van der Waals surface area contributed by atoms with Crippen LogP contribution in [0.15, 0.2) is 30.5 Å². The molecule has 2 heterocycles. The molecule has 2 fully saturated rings. The summed E-state index contributed by atoms with van der Waals surface area (Å²) in [5.74, 6) is -0.126. The van der Waals surface area contributed by atoms with Gasteiger partial charge in [-0.1, -0.05) is 19.8 Å². The van der Waals surface area contributed by atoms with Crippen molar-refractivity contribution in [2.24, 2.45) is 5.92 Å². The van der Waals surface area contributed by atoms with Crippen LogP contribution in [0.2, 0.25) is 0 Å². The maximum atomic E-state index is 12.7. The molecule has 5 nitrogen and oxygen atoms in total. The number of nitrogens with zero attached hydrogens (tertiary/aromatic N) is 2. The maximum Gasteiger partial charge on any atom is 0.229 e. The largest absolute Gasteiger partial charge is 0.347 e. The van der Waals surface area contributed by atoms with Crippen molar-refractivity contribution in [3.8, 4) is 0 Å². The molecule has 2 aromatic rings. The molecule has 1 aliphatic heterocycles. The molecule has 0 spiro atoms. The SMILES string of the molecule is CCCn1ccc2cc(NC(=O)C3CC(=O)N(C4CCCC4)C3)ccc21. The molecule has 138 valence electrons. The summed E-state index contributed by atoms with van der Waals surface area (Å²) < 4.78 is 2.23. The fraction of sp³-hybridized carbons (Fsp3) is 0.524. The van der Waals surface area contributed by atoms with E-state index < -0.39 is 0 Å². The molecule has 26 heavy (non-hydrogen) atoms. The number of anilines is 1. The normalized spacial score (nSPS) is 21.0. The van der Waals surface area contributed by atoms with Gasteiger partial charge in [0.05, 0.1) is 5.92 Å². The average Bonchev–Trinajstić information content (AvgIpc) is 3.35. The molecular formula is C21H27N3O2. The standard InChI is InChI=1S/C21H27N3O2/c1-2-10-23-11-9-15-12-17(7-8-19(15)23)22-21(26)16-13-20(25)24(14-16)18-5-3-4-6-18/h7-9,11-12,16,18H,2-6,10,13-14H2,1H3,(H,22,26). The van der Waals surface area contributed by atoms with E-state index in [1.54, 1.807) is 0 Å². The lowest BCUT2D eigenvalue weighted by atomic mass is 10.1. The third-order valence-corrected chi connectivity index (χ3v) is 5.80. The van der Waals surface area contributed by atoms with Crippen LogP contribution >= 0.6 is 0 Å². The van der Waals surface area contributed by atoms with Crippen molar-refractivity contribution in [1.82, 2.24) is 9.47 Å². The van der Waals surface area contributed by atoms with Crippen LogP contribution in [0.1, 0.15) is 45.4 Å². The van der Waals surface area contributed by atoms with Crippen LogP contribution in [-0.4, -0.2) is 33.9 Å². The Morgan fingerprint density at radius 3 is 2.81 bits per heavy atom. The lowest BCUT2D eigenvalue weighted by Gasteiger charge is -2.23. The van der Waals surface area contributed by atoms with Gasteiger partial charge in [0.25, 0.3) is 0 Å². The van der Waals surface area contributed by atoms with Crippen molar-refractivity contribution < 1.29 is 9.59 Å². The summed E-state index contributed by atoms with van der Waals surface area (Å²) in [6.07, 6.45) is 8.10. The lowest BCUT2D eigenvalue weighted by molar-refractivity contribution is -0.129. The summed E-state index contributed by atoms with van der Waals surface area (Å²) in [6.45, 7) is 3.74. The first kappa shape index (κ1) is 17.1. The molecule has 4 rings (SSSR count). The molecule has 5 heteroatoms. The minimum atomic E-state index is -0.233. The van der Waals surface area contributed by atoms with E-state index in [4.69, 9.17) is 0 Å². The summed E-state index contributed by atoms with van der Waals surface area (Å²) in [5.41, 5.74) is 2.00. The van der Waals surface area contributed by atoms with E-state index in [-0.39, 0.29) is 17.7 Å². The zero-order valence-corrected chi connectivity index (χ0v) is 15.4. The van der Waals surface area contributed by atoms with Crippen LogP contribution in [0, 0.1) is 5.92 Å². The molecule has 1 N–H and O–H groups in total. The van der Waals surface area contributed by atoms with Crippen LogP contribution in [-0.2, 0) is 16.1 Å². The van der Waals surface area contributed by atoms with Gasteiger partial charge in [-0.05, 0) is 43.5 Å². The monoisotopic (exact) mass is 353 g/mol. The Hall–Kier alpha value is -2.30. The Balaban J connectivity index is 1.43. The van der Waals surface area contributed by atoms with Crippen molar-refractivity contribution >= 4 is 28.4 Å². The Morgan fingerprint density at radius 1 is 1.23 bits per heavy atom. The highest BCUT2D eigenvalue weighted by Gasteiger charge is 2.38. The van der Waals surface area contributed by atoms with Gasteiger partial charge < -0.3 is 14.8 Å². The van der Waals surface area contributed by atoms with Crippen LogP contribution in [0.25, 0.3) is 10.9 Å². The molecule has 2 amide bonds. The Bertz CT molecular complexity index is 820. The molecule has 2 aliphatic rings. The quantitative estimate of drug-likeness (QED) is 0.889. The lowest BCUT2D eigenvalue weighted by Crippen LogP contribution is -2.35. The van der Waals surface area contributed by atoms with E-state index in [9.17, 15) is 9.59 Å². The molecule has 1 atom stereocenters. The zero-order chi connectivity index (χ0) is 18.1. The number of hydrogen-bond donors (Lipinski definition) is 1. The smallest absolute Gasteiger partial charge is 0.229 e. The Labute approximate surface area is 154 Å². The topological polar surface area (TPSA) is 54.3 Å². The van der Waals surface area contributed by atoms with Crippen molar-refractivity contribution in [2.75, 3.05) is 11.9 Å². The number of aromatic nitrogens is 1. The predicted molar refractivity (Wildman–Crippen MR) is 103 cm³/mol. The summed E-state index contributed by atoms with van der Waals surface area (Å²) in [7, 11) is 0. The summed E-state index contributed by atoms with van der Waals surface area (Å²) in [5, 5.41) is 4.15. The van der Waals surface area contributed by atoms with E-state index in [0.29, 0.717) is 19.0 Å². The highest BCUT2D eigenvalue weighted by Crippen LogP contribution is 2.30. The van der Waals surface area contributed by atoms with Crippen LogP contribution in [0.4, 0.5) is 5.69 Å². The number of benzene rings is 1. The van der Waals surface area contributed by atoms with Gasteiger partial charge in [-0.2, -0.15) is 0 Å². The number of nitrogens with one attached hydrogen (secondary N) is 1. The van der Waals surface area contributed by atoms with Gasteiger partial charge >= 0.3 is 0 Å². The summed E-state index contributed by atoms with van der Waals surface area (Å²) >= 11 is 0. The molecular weight excluding hydrogens is 326 g/mol. The number of amides is 2. The number of carbonyl (C=O) groups excluding carboxylic acids is 2. The summed E-state index contributed by atoms with van der Waals surface area (Å²) in [6, 6.07) is 8.48. The number of fused-ring (bicyclic) bond motifs is 1. The molecule has 1 aliphatic carbocycles. The van der Waals surface area contributed by atoms with E-state index in [1.807, 2.05) is 17.0 Å². The van der Waals surface area contributed by atoms with Gasteiger partial charge in [-0.3, -0.25) is 9.59 Å². The average molecular weight is 353 g/mol. The molecule has 0 radical (unpaired) electrons. The minimum absolute atomic E-state index is 0.0359. The molecule has 1 aromatic heterocycles. The number of hydrogen-bond acceptors (Lipinski definition) is 2. The zero-order valence-electron chi connectivity index (χ0n) is 15.4. The summed E-state index contributed by atoms with van der Waals surface area (Å²) in [4.78, 5) is 26.9. The first-order valence-electron chi connectivity index (χ1n) is 9.85. The first-order valence-corrected chi connectivity index (χ1v) is 9.85. The number of likely N-dealkylation sites (tertiary alicyclic amines) is 1. The van der Waals surface area contributed by atoms with Gasteiger partial charge in [0.15, 0.2) is 0 Å². The molecule has 1 aromatic carbocycles. The Morgan fingerprint density at radius 2 is 2.04 bits per heavy atom. The van der Waals surface area contributed by atoms with Crippen LogP contribution in [0.3, 0.4) is 0 Å². The number of carbonyl (C=O) groups is 2. The van der Waals surface area contributed by atoms with Gasteiger partial charge in [0, 0.05) is 48.3 Å². The van der Waals surface area contributed by atoms with Crippen molar-refractivity contribution in [1.29, 1.82) is 0 Å². The fourth-order valence-electron chi connectivity index (χ4n) is 4.43. The third-order valence-electron chi connectivity index (χ3n) is 5.80. The van der Waals surface area contributed by atoms with Crippen LogP contribution < -0.4 is 5.32 Å². The van der Waals surface area contributed by atoms with E-state index in [0.717, 1.165) is 36.9 Å². The highest BCUT2D eigenvalue weighted by molar-refractivity contribution is 5.98. The van der Waals surface area contributed by atoms with Crippen molar-refractivity contribution in [3.63, 3.8) is 0 Å². The van der Waals surface area contributed by atoms with Crippen LogP contribution in [0.5, 0.6) is 0 Å². The second-order valence-electron chi connectivity index (χ2n) is 7.66. The predicted octanol–water partition coefficient (Wildman–Crippen LogP) is 3.78. The van der Waals surface area contributed by atoms with E-state index >= 15 is 0 Å². The maximum absolute atomic E-state index is 12.7. The molecule has 1 unspecified atom stereocenters. The van der Waals surface area contributed by atoms with E-state index in [2.05, 4.69) is 35.1 Å². The fourth-order valence-corrected chi connectivity index (χ4v) is 4.43. The van der Waals surface area contributed by atoms with Gasteiger partial charge in [0.1, 0.15) is 0 Å². The first-order chi connectivity index (χ1) is 12.7. The minimum Gasteiger partial charge on any atom is -0.347 e. The third kappa shape index (κ3) is 3.22. The van der Waals surface area contributed by atoms with Gasteiger partial charge in [-0.25, -0.2) is 0 Å². The Kier molecular flexibility index (Phi) is 4.70. The van der Waals surface area contributed by atoms with Crippen molar-refractivity contribution in [3.05, 3.63) is 30.5 Å².